The molecule has 132 valence electrons. The Balaban J connectivity index is 1.64. The molecule has 0 radical (unpaired) electrons. The van der Waals surface area contributed by atoms with E-state index < -0.39 is 5.82 Å². The average Bonchev–Trinajstić information content (AvgIpc) is 3.07. The van der Waals surface area contributed by atoms with Gasteiger partial charge in [-0.1, -0.05) is 17.7 Å². The van der Waals surface area contributed by atoms with Gasteiger partial charge in [0, 0.05) is 25.3 Å². The summed E-state index contributed by atoms with van der Waals surface area (Å²) in [6.07, 6.45) is 2.42. The molecule has 0 aliphatic carbocycles. The average molecular weight is 364 g/mol. The smallest absolute Gasteiger partial charge is 0.256 e. The van der Waals surface area contributed by atoms with Gasteiger partial charge in [-0.3, -0.25) is 9.69 Å². The molecule has 2 N–H and O–H groups in total. The number of rotatable bonds is 4. The fourth-order valence-electron chi connectivity index (χ4n) is 2.97. The third-order valence-corrected chi connectivity index (χ3v) is 4.67. The van der Waals surface area contributed by atoms with Gasteiger partial charge in [-0.25, -0.2) is 14.4 Å². The van der Waals surface area contributed by atoms with Crippen molar-refractivity contribution in [2.45, 2.75) is 19.0 Å². The van der Waals surface area contributed by atoms with Crippen molar-refractivity contribution in [1.82, 2.24) is 19.8 Å². The first-order valence-electron chi connectivity index (χ1n) is 7.96. The number of hydrogen-bond acceptors (Lipinski definition) is 5. The van der Waals surface area contributed by atoms with Crippen molar-refractivity contribution in [3.05, 3.63) is 52.7 Å². The number of aromatic nitrogens is 2. The molecular weight excluding hydrogens is 345 g/mol. The molecule has 0 bridgehead atoms. The predicted octanol–water partition coefficient (Wildman–Crippen LogP) is 2.20. The zero-order valence-corrected chi connectivity index (χ0v) is 14.6. The second kappa shape index (κ2) is 7.33. The van der Waals surface area contributed by atoms with Crippen LogP contribution in [-0.4, -0.2) is 51.9 Å². The Bertz CT molecular complexity index is 787. The number of carbonyl (C=O) groups is 1. The Morgan fingerprint density at radius 1 is 1.48 bits per heavy atom. The Labute approximate surface area is 150 Å². The SMILES string of the molecule is CN(Cc1nccc(N)n1)[C@@H]1CCN(C(=O)c2cccc(Cl)c2F)C1. The van der Waals surface area contributed by atoms with Crippen LogP contribution in [-0.2, 0) is 6.54 Å². The minimum Gasteiger partial charge on any atom is -0.384 e. The topological polar surface area (TPSA) is 75.4 Å². The van der Waals surface area contributed by atoms with Gasteiger partial charge in [0.1, 0.15) is 11.6 Å². The van der Waals surface area contributed by atoms with Crippen molar-refractivity contribution in [3.8, 4) is 0 Å². The minimum atomic E-state index is -0.667. The van der Waals surface area contributed by atoms with Crippen molar-refractivity contribution >= 4 is 23.3 Å². The van der Waals surface area contributed by atoms with Crippen LogP contribution < -0.4 is 5.73 Å². The molecule has 1 atom stereocenters. The van der Waals surface area contributed by atoms with E-state index in [2.05, 4.69) is 14.9 Å². The molecule has 1 aliphatic heterocycles. The number of benzene rings is 1. The number of anilines is 1. The monoisotopic (exact) mass is 363 g/mol. The van der Waals surface area contributed by atoms with Crippen LogP contribution in [0.15, 0.2) is 30.5 Å². The van der Waals surface area contributed by atoms with Crippen molar-refractivity contribution in [2.75, 3.05) is 25.9 Å². The summed E-state index contributed by atoms with van der Waals surface area (Å²) < 4.78 is 14.1. The molecule has 0 saturated carbocycles. The van der Waals surface area contributed by atoms with Crippen LogP contribution >= 0.6 is 11.6 Å². The first-order chi connectivity index (χ1) is 12.0. The molecule has 2 aromatic rings. The fourth-order valence-corrected chi connectivity index (χ4v) is 3.14. The van der Waals surface area contributed by atoms with Gasteiger partial charge >= 0.3 is 0 Å². The summed E-state index contributed by atoms with van der Waals surface area (Å²) in [6.45, 7) is 1.62. The third-order valence-electron chi connectivity index (χ3n) is 4.37. The van der Waals surface area contributed by atoms with Crippen LogP contribution in [0.1, 0.15) is 22.6 Å². The third kappa shape index (κ3) is 3.88. The zero-order chi connectivity index (χ0) is 18.0. The normalized spacial score (nSPS) is 17.3. The molecule has 0 unspecified atom stereocenters. The Morgan fingerprint density at radius 3 is 3.04 bits per heavy atom. The van der Waals surface area contributed by atoms with Crippen LogP contribution in [0, 0.1) is 5.82 Å². The lowest BCUT2D eigenvalue weighted by molar-refractivity contribution is 0.0774. The summed E-state index contributed by atoms with van der Waals surface area (Å²) in [5.41, 5.74) is 5.68. The number of likely N-dealkylation sites (N-methyl/N-ethyl adjacent to an activating group) is 1. The molecule has 1 aromatic heterocycles. The molecule has 0 spiro atoms. The van der Waals surface area contributed by atoms with E-state index in [-0.39, 0.29) is 22.5 Å². The molecule has 3 rings (SSSR count). The first-order valence-corrected chi connectivity index (χ1v) is 8.34. The van der Waals surface area contributed by atoms with Gasteiger partial charge in [0.15, 0.2) is 5.82 Å². The molecule has 1 aromatic carbocycles. The second-order valence-corrected chi connectivity index (χ2v) is 6.52. The van der Waals surface area contributed by atoms with E-state index in [1.165, 1.54) is 12.1 Å². The fraction of sp³-hybridized carbons (Fsp3) is 0.353. The van der Waals surface area contributed by atoms with Crippen molar-refractivity contribution in [1.29, 1.82) is 0 Å². The molecule has 1 fully saturated rings. The Morgan fingerprint density at radius 2 is 2.28 bits per heavy atom. The quantitative estimate of drug-likeness (QED) is 0.901. The van der Waals surface area contributed by atoms with Crippen LogP contribution in [0.3, 0.4) is 0 Å². The maximum absolute atomic E-state index is 14.1. The number of carbonyl (C=O) groups excluding carboxylic acids is 1. The number of nitrogen functional groups attached to an aromatic ring is 1. The molecule has 8 heteroatoms. The van der Waals surface area contributed by atoms with E-state index in [1.54, 1.807) is 23.2 Å². The molecular formula is C17H19ClFN5O. The van der Waals surface area contributed by atoms with E-state index in [0.29, 0.717) is 31.3 Å². The van der Waals surface area contributed by atoms with E-state index >= 15 is 0 Å². The standard InChI is InChI=1S/C17H19ClFN5O/c1-23(10-15-21-7-5-14(20)22-15)11-6-8-24(9-11)17(25)12-3-2-4-13(18)16(12)19/h2-5,7,11H,6,8-10H2,1H3,(H2,20,21,22)/t11-/m1/s1. The first kappa shape index (κ1) is 17.6. The molecule has 2 heterocycles. The van der Waals surface area contributed by atoms with Gasteiger partial charge in [-0.15, -0.1) is 0 Å². The molecule has 25 heavy (non-hydrogen) atoms. The summed E-state index contributed by atoms with van der Waals surface area (Å²) in [4.78, 5) is 24.7. The van der Waals surface area contributed by atoms with Gasteiger partial charge in [-0.2, -0.15) is 0 Å². The lowest BCUT2D eigenvalue weighted by atomic mass is 10.2. The number of amides is 1. The highest BCUT2D eigenvalue weighted by atomic mass is 35.5. The lowest BCUT2D eigenvalue weighted by Gasteiger charge is -2.24. The molecule has 1 saturated heterocycles. The van der Waals surface area contributed by atoms with E-state index in [4.69, 9.17) is 17.3 Å². The van der Waals surface area contributed by atoms with Gasteiger partial charge < -0.3 is 10.6 Å². The van der Waals surface area contributed by atoms with Gasteiger partial charge in [-0.05, 0) is 31.7 Å². The summed E-state index contributed by atoms with van der Waals surface area (Å²) in [5, 5.41) is -0.0440. The van der Waals surface area contributed by atoms with Crippen molar-refractivity contribution < 1.29 is 9.18 Å². The van der Waals surface area contributed by atoms with Gasteiger partial charge in [0.05, 0.1) is 17.1 Å². The van der Waals surface area contributed by atoms with Crippen LogP contribution in [0.2, 0.25) is 5.02 Å². The maximum atomic E-state index is 14.1. The summed E-state index contributed by atoms with van der Waals surface area (Å²) in [7, 11) is 1.95. The zero-order valence-electron chi connectivity index (χ0n) is 13.8. The van der Waals surface area contributed by atoms with Crippen LogP contribution in [0.25, 0.3) is 0 Å². The molecule has 1 aliphatic rings. The number of hydrogen-bond donors (Lipinski definition) is 1. The molecule has 1 amide bonds. The highest BCUT2D eigenvalue weighted by Gasteiger charge is 2.31. The van der Waals surface area contributed by atoms with Crippen molar-refractivity contribution in [2.24, 2.45) is 0 Å². The molecule has 6 nitrogen and oxygen atoms in total. The minimum absolute atomic E-state index is 0.00923. The summed E-state index contributed by atoms with van der Waals surface area (Å²) in [5.74, 6) is 0.0569. The summed E-state index contributed by atoms with van der Waals surface area (Å²) in [6, 6.07) is 6.26. The van der Waals surface area contributed by atoms with E-state index in [9.17, 15) is 9.18 Å². The van der Waals surface area contributed by atoms with Crippen molar-refractivity contribution in [3.63, 3.8) is 0 Å². The second-order valence-electron chi connectivity index (χ2n) is 6.11. The number of nitrogens with two attached hydrogens (primary N) is 1. The Hall–Kier alpha value is -2.25. The van der Waals surface area contributed by atoms with Crippen LogP contribution in [0.4, 0.5) is 10.2 Å². The predicted molar refractivity (Wildman–Crippen MR) is 93.6 cm³/mol. The Kier molecular flexibility index (Phi) is 5.15. The van der Waals surface area contributed by atoms with E-state index in [1.807, 2.05) is 7.05 Å². The highest BCUT2D eigenvalue weighted by Crippen LogP contribution is 2.23. The largest absolute Gasteiger partial charge is 0.384 e. The number of halogens is 2. The highest BCUT2D eigenvalue weighted by molar-refractivity contribution is 6.31. The van der Waals surface area contributed by atoms with Gasteiger partial charge in [0.2, 0.25) is 0 Å². The summed E-state index contributed by atoms with van der Waals surface area (Å²) >= 11 is 5.77. The van der Waals surface area contributed by atoms with Gasteiger partial charge in [0.25, 0.3) is 5.91 Å². The van der Waals surface area contributed by atoms with E-state index in [0.717, 1.165) is 6.42 Å². The number of nitrogens with zero attached hydrogens (tertiary/aromatic N) is 4. The number of likely N-dealkylation sites (tertiary alicyclic amines) is 1. The lowest BCUT2D eigenvalue weighted by Crippen LogP contribution is -2.36. The van der Waals surface area contributed by atoms with Crippen LogP contribution in [0.5, 0.6) is 0 Å². The maximum Gasteiger partial charge on any atom is 0.256 e.